The molecule has 1 amide bonds. The van der Waals surface area contributed by atoms with Crippen LogP contribution in [-0.4, -0.2) is 35.5 Å². The van der Waals surface area contributed by atoms with E-state index >= 15 is 0 Å². The lowest BCUT2D eigenvalue weighted by molar-refractivity contribution is -0.139. The summed E-state index contributed by atoms with van der Waals surface area (Å²) in [4.78, 5) is 14.9. The molecule has 3 nitrogen and oxygen atoms in total. The number of likely N-dealkylation sites (tertiary alicyclic amines) is 1. The molecule has 1 N–H and O–H groups in total. The molecule has 22 heavy (non-hydrogen) atoms. The van der Waals surface area contributed by atoms with Crippen LogP contribution in [0.25, 0.3) is 0 Å². The summed E-state index contributed by atoms with van der Waals surface area (Å²) in [6, 6.07) is 0.654. The minimum absolute atomic E-state index is 0.302. The standard InChI is InChI=1S/C19H34N2O/c1-4-18(2)11-13-21(14-12-18)17(22)15-5-7-16(8-6-15)20-19(3)9-10-19/h15-16,20H,4-14H2,1-3H3. The van der Waals surface area contributed by atoms with Crippen LogP contribution in [0.2, 0.25) is 0 Å². The maximum absolute atomic E-state index is 12.8. The number of hydrogen-bond acceptors (Lipinski definition) is 2. The molecule has 1 aliphatic heterocycles. The maximum Gasteiger partial charge on any atom is 0.225 e. The van der Waals surface area contributed by atoms with Gasteiger partial charge in [0, 0.05) is 30.6 Å². The van der Waals surface area contributed by atoms with Gasteiger partial charge in [-0.2, -0.15) is 0 Å². The fourth-order valence-corrected chi connectivity index (χ4v) is 4.19. The first kappa shape index (κ1) is 16.3. The number of amides is 1. The zero-order valence-corrected chi connectivity index (χ0v) is 14.8. The van der Waals surface area contributed by atoms with Crippen molar-refractivity contribution in [3.63, 3.8) is 0 Å². The summed E-state index contributed by atoms with van der Waals surface area (Å²) in [5, 5.41) is 3.80. The van der Waals surface area contributed by atoms with E-state index in [1.54, 1.807) is 0 Å². The van der Waals surface area contributed by atoms with Crippen LogP contribution in [0.15, 0.2) is 0 Å². The average molecular weight is 306 g/mol. The van der Waals surface area contributed by atoms with Crippen molar-refractivity contribution < 1.29 is 4.79 Å². The van der Waals surface area contributed by atoms with Crippen LogP contribution in [0.5, 0.6) is 0 Å². The van der Waals surface area contributed by atoms with E-state index < -0.39 is 0 Å². The number of piperidine rings is 1. The van der Waals surface area contributed by atoms with Crippen molar-refractivity contribution in [1.29, 1.82) is 0 Å². The molecule has 0 atom stereocenters. The number of nitrogens with one attached hydrogen (secondary N) is 1. The summed E-state index contributed by atoms with van der Waals surface area (Å²) in [7, 11) is 0. The van der Waals surface area contributed by atoms with Crippen LogP contribution < -0.4 is 5.32 Å². The third-order valence-corrected chi connectivity index (χ3v) is 6.76. The molecule has 0 radical (unpaired) electrons. The molecular formula is C19H34N2O. The lowest BCUT2D eigenvalue weighted by atomic mass is 9.77. The van der Waals surface area contributed by atoms with Crippen molar-refractivity contribution in [3.05, 3.63) is 0 Å². The third kappa shape index (κ3) is 3.67. The van der Waals surface area contributed by atoms with Gasteiger partial charge < -0.3 is 10.2 Å². The van der Waals surface area contributed by atoms with Crippen molar-refractivity contribution >= 4 is 5.91 Å². The van der Waals surface area contributed by atoms with E-state index in [0.717, 1.165) is 25.9 Å². The molecule has 0 bridgehead atoms. The highest BCUT2D eigenvalue weighted by molar-refractivity contribution is 5.79. The Bertz CT molecular complexity index is 400. The van der Waals surface area contributed by atoms with Crippen molar-refractivity contribution in [3.8, 4) is 0 Å². The number of hydrogen-bond donors (Lipinski definition) is 1. The Kier molecular flexibility index (Phi) is 4.55. The molecule has 3 heteroatoms. The first-order chi connectivity index (χ1) is 10.4. The second-order valence-electron chi connectivity index (χ2n) is 8.74. The molecule has 2 aliphatic carbocycles. The summed E-state index contributed by atoms with van der Waals surface area (Å²) < 4.78 is 0. The molecule has 3 aliphatic rings. The van der Waals surface area contributed by atoms with Gasteiger partial charge in [-0.15, -0.1) is 0 Å². The van der Waals surface area contributed by atoms with Gasteiger partial charge in [0.05, 0.1) is 0 Å². The summed E-state index contributed by atoms with van der Waals surface area (Å²) in [5.41, 5.74) is 0.900. The van der Waals surface area contributed by atoms with Gasteiger partial charge in [0.1, 0.15) is 0 Å². The monoisotopic (exact) mass is 306 g/mol. The van der Waals surface area contributed by atoms with Crippen LogP contribution in [0.1, 0.15) is 78.6 Å². The minimum Gasteiger partial charge on any atom is -0.342 e. The SMILES string of the molecule is CCC1(C)CCN(C(=O)C2CCC(NC3(C)CC3)CC2)CC1. The van der Waals surface area contributed by atoms with Crippen molar-refractivity contribution in [2.75, 3.05) is 13.1 Å². The van der Waals surface area contributed by atoms with Gasteiger partial charge in [0.15, 0.2) is 0 Å². The van der Waals surface area contributed by atoms with E-state index in [4.69, 9.17) is 0 Å². The smallest absolute Gasteiger partial charge is 0.225 e. The Morgan fingerprint density at radius 2 is 1.64 bits per heavy atom. The molecule has 0 aromatic rings. The quantitative estimate of drug-likeness (QED) is 0.858. The summed E-state index contributed by atoms with van der Waals surface area (Å²) >= 11 is 0. The predicted octanol–water partition coefficient (Wildman–Crippen LogP) is 3.73. The highest BCUT2D eigenvalue weighted by atomic mass is 16.2. The van der Waals surface area contributed by atoms with Crippen molar-refractivity contribution in [1.82, 2.24) is 10.2 Å². The summed E-state index contributed by atoms with van der Waals surface area (Å²) in [6.07, 6.45) is 10.8. The van der Waals surface area contributed by atoms with Crippen LogP contribution >= 0.6 is 0 Å². The summed E-state index contributed by atoms with van der Waals surface area (Å²) in [6.45, 7) is 8.97. The van der Waals surface area contributed by atoms with Gasteiger partial charge in [-0.1, -0.05) is 20.3 Å². The van der Waals surface area contributed by atoms with E-state index in [1.807, 2.05) is 0 Å². The lowest BCUT2D eigenvalue weighted by Crippen LogP contribution is -2.47. The zero-order chi connectivity index (χ0) is 15.8. The second-order valence-corrected chi connectivity index (χ2v) is 8.74. The second kappa shape index (κ2) is 6.14. The molecule has 126 valence electrons. The summed E-state index contributed by atoms with van der Waals surface area (Å²) in [5.74, 6) is 0.755. The lowest BCUT2D eigenvalue weighted by Gasteiger charge is -2.41. The molecule has 1 saturated heterocycles. The van der Waals surface area contributed by atoms with Gasteiger partial charge >= 0.3 is 0 Å². The Hall–Kier alpha value is -0.570. The molecule has 3 rings (SSSR count). The Morgan fingerprint density at radius 1 is 1.05 bits per heavy atom. The van der Waals surface area contributed by atoms with E-state index in [1.165, 1.54) is 44.9 Å². The topological polar surface area (TPSA) is 32.3 Å². The molecular weight excluding hydrogens is 272 g/mol. The van der Waals surface area contributed by atoms with E-state index in [0.29, 0.717) is 28.8 Å². The van der Waals surface area contributed by atoms with E-state index in [-0.39, 0.29) is 0 Å². The van der Waals surface area contributed by atoms with Crippen molar-refractivity contribution in [2.45, 2.75) is 90.1 Å². The van der Waals surface area contributed by atoms with Gasteiger partial charge in [0.2, 0.25) is 5.91 Å². The largest absolute Gasteiger partial charge is 0.342 e. The first-order valence-corrected chi connectivity index (χ1v) is 9.50. The minimum atomic E-state index is 0.302. The molecule has 0 unspecified atom stereocenters. The Balaban J connectivity index is 1.44. The van der Waals surface area contributed by atoms with Gasteiger partial charge in [-0.25, -0.2) is 0 Å². The van der Waals surface area contributed by atoms with Gasteiger partial charge in [-0.05, 0) is 63.7 Å². The molecule has 0 aromatic carbocycles. The van der Waals surface area contributed by atoms with Crippen LogP contribution in [0, 0.1) is 11.3 Å². The molecule has 1 heterocycles. The number of nitrogens with zero attached hydrogens (tertiary/aromatic N) is 1. The van der Waals surface area contributed by atoms with Crippen LogP contribution in [0.3, 0.4) is 0 Å². The van der Waals surface area contributed by atoms with E-state index in [2.05, 4.69) is 31.0 Å². The predicted molar refractivity (Wildman–Crippen MR) is 90.7 cm³/mol. The van der Waals surface area contributed by atoms with Crippen molar-refractivity contribution in [2.24, 2.45) is 11.3 Å². The molecule has 0 spiro atoms. The van der Waals surface area contributed by atoms with Crippen LogP contribution in [0.4, 0.5) is 0 Å². The van der Waals surface area contributed by atoms with Gasteiger partial charge in [-0.3, -0.25) is 4.79 Å². The van der Waals surface area contributed by atoms with Gasteiger partial charge in [0.25, 0.3) is 0 Å². The normalized spacial score (nSPS) is 33.5. The number of carbonyl (C=O) groups is 1. The maximum atomic E-state index is 12.8. The fourth-order valence-electron chi connectivity index (χ4n) is 4.19. The number of carbonyl (C=O) groups excluding carboxylic acids is 1. The average Bonchev–Trinajstić information content (AvgIpc) is 3.25. The highest BCUT2D eigenvalue weighted by Crippen LogP contribution is 2.38. The molecule has 2 saturated carbocycles. The third-order valence-electron chi connectivity index (χ3n) is 6.76. The Labute approximate surface area is 136 Å². The highest BCUT2D eigenvalue weighted by Gasteiger charge is 2.40. The fraction of sp³-hybridized carbons (Fsp3) is 0.947. The molecule has 0 aromatic heterocycles. The van der Waals surface area contributed by atoms with Crippen LogP contribution in [-0.2, 0) is 4.79 Å². The zero-order valence-electron chi connectivity index (χ0n) is 14.8. The Morgan fingerprint density at radius 3 is 2.14 bits per heavy atom. The number of rotatable bonds is 4. The molecule has 3 fully saturated rings. The van der Waals surface area contributed by atoms with E-state index in [9.17, 15) is 4.79 Å². The first-order valence-electron chi connectivity index (χ1n) is 9.50.